The zero-order chi connectivity index (χ0) is 27.1. The molecule has 11 heteroatoms. The summed E-state index contributed by atoms with van der Waals surface area (Å²) in [6.07, 6.45) is 2.79. The molecule has 1 saturated carbocycles. The summed E-state index contributed by atoms with van der Waals surface area (Å²) < 4.78 is 31.0. The number of amides is 1. The second-order valence-corrected chi connectivity index (χ2v) is 9.28. The van der Waals surface area contributed by atoms with E-state index in [1.54, 1.807) is 30.9 Å². The van der Waals surface area contributed by atoms with Crippen LogP contribution in [0.2, 0.25) is 0 Å². The molecule has 0 saturated heterocycles. The average Bonchev–Trinajstić information content (AvgIpc) is 3.30. The lowest BCUT2D eigenvalue weighted by atomic mass is 10.1. The summed E-state index contributed by atoms with van der Waals surface area (Å²) in [5.74, 6) is 1.26. The third-order valence-electron chi connectivity index (χ3n) is 6.63. The number of imidazole rings is 1. The van der Waals surface area contributed by atoms with Crippen molar-refractivity contribution >= 4 is 28.6 Å². The number of rotatable bonds is 8. The van der Waals surface area contributed by atoms with Gasteiger partial charge in [0.15, 0.2) is 11.5 Å². The number of halogens is 1. The first-order valence-electron chi connectivity index (χ1n) is 12.3. The molecule has 0 unspecified atom stereocenters. The molecule has 1 aliphatic carbocycles. The molecule has 3 aromatic heterocycles. The number of hydrogen-bond donors (Lipinski definition) is 2. The van der Waals surface area contributed by atoms with Gasteiger partial charge in [-0.15, -0.1) is 0 Å². The van der Waals surface area contributed by atoms with Gasteiger partial charge < -0.3 is 24.6 Å². The minimum atomic E-state index is -0.922. The zero-order valence-corrected chi connectivity index (χ0v) is 21.4. The summed E-state index contributed by atoms with van der Waals surface area (Å²) in [6.45, 7) is 1.89. The Morgan fingerprint density at radius 1 is 1.08 bits per heavy atom. The third kappa shape index (κ3) is 4.74. The second kappa shape index (κ2) is 9.75. The Morgan fingerprint density at radius 2 is 1.87 bits per heavy atom. The standard InChI is InChI=1S/C28H25FN6O4/c1-15-4-5-16(26-33-28(39-34-26)19-13-20(19)29)10-21(15)32-27(36)22-14-30-25-12-18(8-9-35(22)25)31-17-6-7-23(37-2)24(11-17)38-3/h4-12,14,19-20,31H,13H2,1-3H3,(H,32,36)/t19-,20-/m0/s1. The maximum Gasteiger partial charge on any atom is 0.274 e. The first kappa shape index (κ1) is 24.4. The van der Waals surface area contributed by atoms with E-state index in [9.17, 15) is 9.18 Å². The molecule has 3 heterocycles. The van der Waals surface area contributed by atoms with Gasteiger partial charge in [-0.2, -0.15) is 4.98 Å². The minimum Gasteiger partial charge on any atom is -0.493 e. The van der Waals surface area contributed by atoms with E-state index in [0.717, 1.165) is 16.9 Å². The van der Waals surface area contributed by atoms with E-state index in [0.29, 0.717) is 52.2 Å². The number of aryl methyl sites for hydroxylation is 1. The summed E-state index contributed by atoms with van der Waals surface area (Å²) in [6, 6.07) is 14.7. The van der Waals surface area contributed by atoms with Gasteiger partial charge in [-0.05, 0) is 43.2 Å². The highest BCUT2D eigenvalue weighted by molar-refractivity contribution is 6.04. The topological polar surface area (TPSA) is 116 Å². The molecule has 2 aromatic carbocycles. The van der Waals surface area contributed by atoms with Crippen molar-refractivity contribution in [2.75, 3.05) is 24.9 Å². The Labute approximate surface area is 222 Å². The molecule has 1 aliphatic rings. The molecule has 1 amide bonds. The number of ether oxygens (including phenoxy) is 2. The average molecular weight is 529 g/mol. The number of anilines is 3. The summed E-state index contributed by atoms with van der Waals surface area (Å²) in [4.78, 5) is 22.0. The van der Waals surface area contributed by atoms with E-state index in [-0.39, 0.29) is 11.8 Å². The van der Waals surface area contributed by atoms with Gasteiger partial charge in [0.2, 0.25) is 11.7 Å². The largest absolute Gasteiger partial charge is 0.493 e. The number of aromatic nitrogens is 4. The number of nitrogens with one attached hydrogen (secondary N) is 2. The number of methoxy groups -OCH3 is 2. The normalized spacial score (nSPS) is 16.2. The van der Waals surface area contributed by atoms with E-state index >= 15 is 0 Å². The van der Waals surface area contributed by atoms with Crippen LogP contribution in [0.15, 0.2) is 65.4 Å². The van der Waals surface area contributed by atoms with Gasteiger partial charge in [0, 0.05) is 41.0 Å². The number of fused-ring (bicyclic) bond motifs is 1. The molecular weight excluding hydrogens is 503 g/mol. The van der Waals surface area contributed by atoms with Crippen LogP contribution < -0.4 is 20.1 Å². The fourth-order valence-electron chi connectivity index (χ4n) is 4.31. The summed E-state index contributed by atoms with van der Waals surface area (Å²) in [5, 5.41) is 10.2. The molecule has 0 aliphatic heterocycles. The Morgan fingerprint density at radius 3 is 2.64 bits per heavy atom. The van der Waals surface area contributed by atoms with Crippen LogP contribution in [0.4, 0.5) is 21.5 Å². The highest BCUT2D eigenvalue weighted by atomic mass is 19.1. The van der Waals surface area contributed by atoms with Crippen LogP contribution in [0.1, 0.15) is 34.3 Å². The van der Waals surface area contributed by atoms with Gasteiger partial charge in [0.05, 0.1) is 26.3 Å². The molecule has 0 radical (unpaired) electrons. The molecule has 198 valence electrons. The van der Waals surface area contributed by atoms with Crippen LogP contribution in [0, 0.1) is 6.92 Å². The molecule has 0 bridgehead atoms. The first-order chi connectivity index (χ1) is 18.9. The monoisotopic (exact) mass is 528 g/mol. The Hall–Kier alpha value is -4.93. The first-order valence-corrected chi connectivity index (χ1v) is 12.3. The second-order valence-electron chi connectivity index (χ2n) is 9.28. The molecule has 6 rings (SSSR count). The summed E-state index contributed by atoms with van der Waals surface area (Å²) in [5.41, 5.74) is 4.69. The molecule has 2 N–H and O–H groups in total. The van der Waals surface area contributed by atoms with Crippen LogP contribution in [0.25, 0.3) is 17.0 Å². The SMILES string of the molecule is COc1ccc(Nc2ccn3c(C(=O)Nc4cc(-c5noc([C@H]6C[C@@H]6F)n5)ccc4C)cnc3c2)cc1OC. The molecular formula is C28H25FN6O4. The van der Waals surface area contributed by atoms with Crippen LogP contribution in [0.5, 0.6) is 11.5 Å². The van der Waals surface area contributed by atoms with Gasteiger partial charge in [0.1, 0.15) is 17.5 Å². The quantitative estimate of drug-likeness (QED) is 0.270. The minimum absolute atomic E-state index is 0.300. The van der Waals surface area contributed by atoms with E-state index in [1.807, 2.05) is 49.4 Å². The fourth-order valence-corrected chi connectivity index (χ4v) is 4.31. The maximum atomic E-state index is 13.4. The van der Waals surface area contributed by atoms with Crippen molar-refractivity contribution in [3.8, 4) is 22.9 Å². The van der Waals surface area contributed by atoms with Gasteiger partial charge in [-0.3, -0.25) is 9.20 Å². The molecule has 5 aromatic rings. The van der Waals surface area contributed by atoms with Gasteiger partial charge in [0.25, 0.3) is 5.91 Å². The lowest BCUT2D eigenvalue weighted by Crippen LogP contribution is -2.15. The smallest absolute Gasteiger partial charge is 0.274 e. The van der Waals surface area contributed by atoms with Crippen molar-refractivity contribution in [3.05, 3.63) is 78.1 Å². The third-order valence-corrected chi connectivity index (χ3v) is 6.63. The predicted octanol–water partition coefficient (Wildman–Crippen LogP) is 5.53. The molecule has 39 heavy (non-hydrogen) atoms. The summed E-state index contributed by atoms with van der Waals surface area (Å²) in [7, 11) is 3.17. The molecule has 10 nitrogen and oxygen atoms in total. The highest BCUT2D eigenvalue weighted by Gasteiger charge is 2.43. The summed E-state index contributed by atoms with van der Waals surface area (Å²) >= 11 is 0. The highest BCUT2D eigenvalue weighted by Crippen LogP contribution is 2.43. The van der Waals surface area contributed by atoms with E-state index < -0.39 is 6.17 Å². The van der Waals surface area contributed by atoms with Crippen molar-refractivity contribution in [3.63, 3.8) is 0 Å². The van der Waals surface area contributed by atoms with Crippen LogP contribution in [-0.2, 0) is 0 Å². The predicted molar refractivity (Wildman–Crippen MR) is 143 cm³/mol. The zero-order valence-electron chi connectivity index (χ0n) is 21.4. The molecule has 2 atom stereocenters. The van der Waals surface area contributed by atoms with E-state index in [4.69, 9.17) is 14.0 Å². The van der Waals surface area contributed by atoms with Crippen molar-refractivity contribution < 1.29 is 23.2 Å². The van der Waals surface area contributed by atoms with Crippen LogP contribution in [-0.4, -0.2) is 45.8 Å². The Balaban J connectivity index is 1.20. The van der Waals surface area contributed by atoms with Crippen molar-refractivity contribution in [1.82, 2.24) is 19.5 Å². The van der Waals surface area contributed by atoms with Crippen LogP contribution in [0.3, 0.4) is 0 Å². The van der Waals surface area contributed by atoms with Gasteiger partial charge >= 0.3 is 0 Å². The van der Waals surface area contributed by atoms with E-state index in [1.165, 1.54) is 6.20 Å². The van der Waals surface area contributed by atoms with Gasteiger partial charge in [-0.1, -0.05) is 17.3 Å². The number of nitrogens with zero attached hydrogens (tertiary/aromatic N) is 4. The number of benzene rings is 2. The number of alkyl halides is 1. The van der Waals surface area contributed by atoms with Gasteiger partial charge in [-0.25, -0.2) is 9.37 Å². The number of hydrogen-bond acceptors (Lipinski definition) is 8. The lowest BCUT2D eigenvalue weighted by molar-refractivity contribution is 0.102. The Bertz CT molecular complexity index is 1700. The lowest BCUT2D eigenvalue weighted by Gasteiger charge is -2.12. The number of carbonyl (C=O) groups is 1. The van der Waals surface area contributed by atoms with Crippen LogP contribution >= 0.6 is 0 Å². The maximum absolute atomic E-state index is 13.4. The fraction of sp³-hybridized carbons (Fsp3) is 0.214. The molecule has 0 spiro atoms. The number of carbonyl (C=O) groups excluding carboxylic acids is 1. The number of pyridine rings is 1. The van der Waals surface area contributed by atoms with Crippen molar-refractivity contribution in [2.24, 2.45) is 0 Å². The van der Waals surface area contributed by atoms with Crippen molar-refractivity contribution in [1.29, 1.82) is 0 Å². The molecule has 1 fully saturated rings. The Kier molecular flexibility index (Phi) is 6.10. The van der Waals surface area contributed by atoms with E-state index in [2.05, 4.69) is 25.8 Å². The van der Waals surface area contributed by atoms with Crippen molar-refractivity contribution in [2.45, 2.75) is 25.4 Å².